The maximum absolute atomic E-state index is 10.7. The Morgan fingerprint density at radius 3 is 2.52 bits per heavy atom. The molecule has 0 saturated carbocycles. The number of nitrogens with zero attached hydrogens (tertiary/aromatic N) is 2. The van der Waals surface area contributed by atoms with Crippen LogP contribution >= 0.6 is 11.8 Å². The summed E-state index contributed by atoms with van der Waals surface area (Å²) in [6.45, 7) is 5.92. The number of aromatic amines is 1. The van der Waals surface area contributed by atoms with E-state index in [2.05, 4.69) is 14.9 Å². The second kappa shape index (κ2) is 7.07. The molecule has 8 heteroatoms. The van der Waals surface area contributed by atoms with E-state index in [0.29, 0.717) is 11.4 Å². The fraction of sp³-hybridized carbons (Fsp3) is 0.385. The van der Waals surface area contributed by atoms with E-state index in [-0.39, 0.29) is 16.2 Å². The van der Waals surface area contributed by atoms with Crippen molar-refractivity contribution in [3.8, 4) is 0 Å². The molecule has 21 heavy (non-hydrogen) atoms. The number of rotatable bonds is 3. The average molecular weight is 311 g/mol. The van der Waals surface area contributed by atoms with Gasteiger partial charge in [0.15, 0.2) is 0 Å². The van der Waals surface area contributed by atoms with Gasteiger partial charge in [0.05, 0.1) is 21.5 Å². The van der Waals surface area contributed by atoms with Gasteiger partial charge < -0.3 is 4.74 Å². The molecule has 1 aromatic carbocycles. The average Bonchev–Trinajstić information content (AvgIpc) is 2.83. The minimum Gasteiger partial charge on any atom is -0.462 e. The number of hydrogen-bond acceptors (Lipinski definition) is 6. The molecule has 0 amide bonds. The summed E-state index contributed by atoms with van der Waals surface area (Å²) < 4.78 is 4.55. The van der Waals surface area contributed by atoms with Crippen LogP contribution in [0.2, 0.25) is 0 Å². The maximum atomic E-state index is 10.7. The molecule has 1 heterocycles. The van der Waals surface area contributed by atoms with Crippen molar-refractivity contribution >= 4 is 34.8 Å². The minimum atomic E-state index is -0.377. The highest BCUT2D eigenvalue weighted by molar-refractivity contribution is 7.98. The molecule has 0 bridgehead atoms. The molecule has 0 aliphatic carbocycles. The molecule has 1 N–H and O–H groups in total. The smallest absolute Gasteiger partial charge is 0.293 e. The topological polar surface area (TPSA) is 98.1 Å². The number of carbonyl (C=O) groups excluding carboxylic acids is 1. The van der Waals surface area contributed by atoms with E-state index < -0.39 is 0 Å². The van der Waals surface area contributed by atoms with E-state index in [4.69, 9.17) is 0 Å². The molecule has 0 unspecified atom stereocenters. The fourth-order valence-electron chi connectivity index (χ4n) is 1.41. The molecule has 1 aromatic heterocycles. The number of aromatic nitrogens is 2. The highest BCUT2D eigenvalue weighted by Gasteiger charge is 2.14. The van der Waals surface area contributed by atoms with E-state index in [1.54, 1.807) is 12.3 Å². The zero-order valence-corrected chi connectivity index (χ0v) is 13.1. The van der Waals surface area contributed by atoms with Crippen molar-refractivity contribution in [1.29, 1.82) is 0 Å². The first-order valence-corrected chi connectivity index (χ1v) is 7.28. The number of thioether (sulfide) groups is 1. The highest BCUT2D eigenvalue weighted by atomic mass is 32.2. The predicted molar refractivity (Wildman–Crippen MR) is 81.4 cm³/mol. The van der Waals surface area contributed by atoms with E-state index in [1.165, 1.54) is 17.8 Å². The quantitative estimate of drug-likeness (QED) is 0.404. The first kappa shape index (κ1) is 17.0. The van der Waals surface area contributed by atoms with Gasteiger partial charge in [0, 0.05) is 11.5 Å². The summed E-state index contributed by atoms with van der Waals surface area (Å²) in [5.74, 6) is 0. The zero-order chi connectivity index (χ0) is 16.0. The van der Waals surface area contributed by atoms with Gasteiger partial charge in [-0.15, -0.1) is 11.8 Å². The number of benzene rings is 1. The fourth-order valence-corrected chi connectivity index (χ4v) is 1.99. The maximum Gasteiger partial charge on any atom is 0.293 e. The summed E-state index contributed by atoms with van der Waals surface area (Å²) in [6, 6.07) is 3.27. The summed E-state index contributed by atoms with van der Waals surface area (Å²) in [4.78, 5) is 20.6. The SMILES string of the molecule is CC(C)(C)OC=O.CSc1cc2[nH]ncc2cc1[N+](=O)[O-]. The van der Waals surface area contributed by atoms with Crippen LogP contribution in [0.5, 0.6) is 0 Å². The number of ether oxygens (including phenoxy) is 1. The van der Waals surface area contributed by atoms with Gasteiger partial charge in [-0.1, -0.05) is 0 Å². The van der Waals surface area contributed by atoms with Crippen LogP contribution in [-0.2, 0) is 9.53 Å². The minimum absolute atomic E-state index is 0.131. The molecule has 0 radical (unpaired) electrons. The Morgan fingerprint density at radius 1 is 1.43 bits per heavy atom. The van der Waals surface area contributed by atoms with Gasteiger partial charge in [-0.25, -0.2) is 0 Å². The van der Waals surface area contributed by atoms with Gasteiger partial charge in [0.1, 0.15) is 5.60 Å². The summed E-state index contributed by atoms with van der Waals surface area (Å²) in [5.41, 5.74) is 0.633. The van der Waals surface area contributed by atoms with E-state index in [9.17, 15) is 14.9 Å². The Kier molecular flexibility index (Phi) is 5.71. The predicted octanol–water partition coefficient (Wildman–Crippen LogP) is 3.15. The third-order valence-corrected chi connectivity index (χ3v) is 3.10. The number of H-pyrrole nitrogens is 1. The monoisotopic (exact) mass is 311 g/mol. The number of fused-ring (bicyclic) bond motifs is 1. The second-order valence-electron chi connectivity index (χ2n) is 5.06. The second-order valence-corrected chi connectivity index (χ2v) is 5.91. The molecule has 114 valence electrons. The lowest BCUT2D eigenvalue weighted by atomic mass is 10.2. The van der Waals surface area contributed by atoms with E-state index in [0.717, 1.165) is 10.9 Å². The zero-order valence-electron chi connectivity index (χ0n) is 12.2. The van der Waals surface area contributed by atoms with Gasteiger partial charge >= 0.3 is 0 Å². The Labute approximate surface area is 126 Å². The van der Waals surface area contributed by atoms with Crippen LogP contribution in [0.25, 0.3) is 10.9 Å². The summed E-state index contributed by atoms with van der Waals surface area (Å²) in [7, 11) is 0. The lowest BCUT2D eigenvalue weighted by Crippen LogP contribution is -2.17. The molecule has 7 nitrogen and oxygen atoms in total. The number of carbonyl (C=O) groups is 1. The third kappa shape index (κ3) is 5.07. The Morgan fingerprint density at radius 2 is 2.10 bits per heavy atom. The normalized spacial score (nSPS) is 10.7. The van der Waals surface area contributed by atoms with Gasteiger partial charge in [0.2, 0.25) is 0 Å². The molecular weight excluding hydrogens is 294 g/mol. The van der Waals surface area contributed by atoms with Crippen LogP contribution in [-0.4, -0.2) is 33.4 Å². The van der Waals surface area contributed by atoms with E-state index >= 15 is 0 Å². The van der Waals surface area contributed by atoms with Gasteiger partial charge in [-0.05, 0) is 33.1 Å². The third-order valence-electron chi connectivity index (χ3n) is 2.34. The first-order chi connectivity index (χ1) is 9.78. The summed E-state index contributed by atoms with van der Waals surface area (Å²) in [6.07, 6.45) is 3.39. The molecule has 0 saturated heterocycles. The molecular formula is C13H17N3O4S. The molecule has 0 atom stereocenters. The standard InChI is InChI=1S/C8H7N3O2S.C5H10O2/c1-14-8-3-6-5(4-9-10-6)2-7(8)11(12)13;1-5(2,3)7-4-6/h2-4H,1H3,(H,9,10);4H,1-3H3. The van der Waals surface area contributed by atoms with Gasteiger partial charge in [0.25, 0.3) is 12.2 Å². The van der Waals surface area contributed by atoms with Crippen LogP contribution < -0.4 is 0 Å². The van der Waals surface area contributed by atoms with Crippen molar-refractivity contribution in [3.63, 3.8) is 0 Å². The van der Waals surface area contributed by atoms with Gasteiger partial charge in [-0.2, -0.15) is 5.10 Å². The Bertz CT molecular complexity index is 634. The van der Waals surface area contributed by atoms with Crippen molar-refractivity contribution in [2.45, 2.75) is 31.3 Å². The Balaban J connectivity index is 0.000000270. The van der Waals surface area contributed by atoms with E-state index in [1.807, 2.05) is 27.0 Å². The van der Waals surface area contributed by atoms with Crippen molar-refractivity contribution in [2.24, 2.45) is 0 Å². The van der Waals surface area contributed by atoms with Crippen LogP contribution in [0.15, 0.2) is 23.2 Å². The number of nitro benzene ring substituents is 1. The first-order valence-electron chi connectivity index (χ1n) is 6.05. The van der Waals surface area contributed by atoms with Crippen molar-refractivity contribution in [3.05, 3.63) is 28.4 Å². The largest absolute Gasteiger partial charge is 0.462 e. The number of nitrogens with one attached hydrogen (secondary N) is 1. The van der Waals surface area contributed by atoms with Crippen molar-refractivity contribution in [2.75, 3.05) is 6.26 Å². The molecule has 0 fully saturated rings. The van der Waals surface area contributed by atoms with Gasteiger partial charge in [-0.3, -0.25) is 20.0 Å². The molecule has 0 spiro atoms. The van der Waals surface area contributed by atoms with Crippen LogP contribution in [0, 0.1) is 10.1 Å². The number of nitro groups is 1. The van der Waals surface area contributed by atoms with Crippen LogP contribution in [0.3, 0.4) is 0 Å². The lowest BCUT2D eigenvalue weighted by Gasteiger charge is -2.14. The number of hydrogen-bond donors (Lipinski definition) is 1. The van der Waals surface area contributed by atoms with Crippen molar-refractivity contribution < 1.29 is 14.5 Å². The molecule has 2 aromatic rings. The summed E-state index contributed by atoms with van der Waals surface area (Å²) >= 11 is 1.35. The highest BCUT2D eigenvalue weighted by Crippen LogP contribution is 2.30. The van der Waals surface area contributed by atoms with Crippen molar-refractivity contribution in [1.82, 2.24) is 10.2 Å². The lowest BCUT2D eigenvalue weighted by molar-refractivity contribution is -0.387. The Hall–Kier alpha value is -2.09. The molecule has 0 aliphatic rings. The van der Waals surface area contributed by atoms with Crippen LogP contribution in [0.4, 0.5) is 5.69 Å². The summed E-state index contributed by atoms with van der Waals surface area (Å²) in [5, 5.41) is 18.1. The van der Waals surface area contributed by atoms with Crippen LogP contribution in [0.1, 0.15) is 20.8 Å². The molecule has 0 aliphatic heterocycles. The molecule has 2 rings (SSSR count).